The highest BCUT2D eigenvalue weighted by atomic mass is 35.5. The molecule has 1 atom stereocenters. The number of hydrogen-bond donors (Lipinski definition) is 2. The number of nitrogens with one attached hydrogen (secondary N) is 1. The number of allylic oxidation sites excluding steroid dienone is 1. The van der Waals surface area contributed by atoms with Gasteiger partial charge >= 0.3 is 0 Å². The number of rotatable bonds is 5. The van der Waals surface area contributed by atoms with E-state index >= 15 is 0 Å². The first-order chi connectivity index (χ1) is 18.9. The predicted molar refractivity (Wildman–Crippen MR) is 155 cm³/mol. The zero-order chi connectivity index (χ0) is 26.8. The van der Waals surface area contributed by atoms with Crippen LogP contribution in [0.4, 0.5) is 10.9 Å². The van der Waals surface area contributed by atoms with E-state index in [2.05, 4.69) is 44.2 Å². The van der Waals surface area contributed by atoms with E-state index in [9.17, 15) is 4.79 Å². The molecule has 0 saturated heterocycles. The van der Waals surface area contributed by atoms with Gasteiger partial charge in [-0.25, -0.2) is 19.6 Å². The van der Waals surface area contributed by atoms with Crippen LogP contribution in [0.15, 0.2) is 48.4 Å². The zero-order valence-electron chi connectivity index (χ0n) is 21.3. The number of carbonyl (C=O) groups is 1. The van der Waals surface area contributed by atoms with Gasteiger partial charge in [0.25, 0.3) is 0 Å². The molecule has 1 aliphatic heterocycles. The Hall–Kier alpha value is -4.02. The van der Waals surface area contributed by atoms with Gasteiger partial charge in [0.1, 0.15) is 17.8 Å². The molecule has 2 aliphatic rings. The number of nitrogens with two attached hydrogens (primary N) is 1. The number of nitrogens with zero attached hydrogens (tertiary/aromatic N) is 6. The van der Waals surface area contributed by atoms with Gasteiger partial charge in [-0.15, -0.1) is 0 Å². The number of benzene rings is 2. The topological polar surface area (TPSA) is 115 Å². The van der Waals surface area contributed by atoms with Crippen LogP contribution in [0, 0.1) is 0 Å². The van der Waals surface area contributed by atoms with Crippen molar-refractivity contribution in [3.05, 3.63) is 64.6 Å². The number of amides is 1. The summed E-state index contributed by atoms with van der Waals surface area (Å²) in [7, 11) is 0. The standard InChI is InChI=1S/C28H25ClN8OS/c1-14-23-16(4-3-5-20(23)29)10-19(37(14)18-7-8-18)12-36-27-24(26(30)31-13-32-27)25(35-36)17-6-9-21-22(11-17)39-28(34-21)33-15(2)38/h3-6,9-11,13-14,18H,7-8,12H2,1-2H3,(H2,30,31,32)(H,33,34,38). The van der Waals surface area contributed by atoms with E-state index in [1.807, 2.05) is 35.0 Å². The van der Waals surface area contributed by atoms with Crippen LogP contribution in [0.5, 0.6) is 0 Å². The molecule has 0 bridgehead atoms. The zero-order valence-corrected chi connectivity index (χ0v) is 22.9. The summed E-state index contributed by atoms with van der Waals surface area (Å²) in [5.74, 6) is 0.229. The highest BCUT2D eigenvalue weighted by Gasteiger charge is 2.38. The van der Waals surface area contributed by atoms with Crippen molar-refractivity contribution in [2.24, 2.45) is 0 Å². The third kappa shape index (κ3) is 4.11. The normalized spacial score (nSPS) is 16.9. The maximum Gasteiger partial charge on any atom is 0.223 e. The summed E-state index contributed by atoms with van der Waals surface area (Å²) in [5, 5.41) is 9.89. The molecule has 0 spiro atoms. The molecule has 196 valence electrons. The Labute approximate surface area is 233 Å². The Morgan fingerprint density at radius 1 is 1.23 bits per heavy atom. The van der Waals surface area contributed by atoms with Crippen LogP contribution in [0.25, 0.3) is 38.6 Å². The molecule has 5 aromatic rings. The second-order valence-corrected chi connectivity index (χ2v) is 11.5. The SMILES string of the molecule is CC(=O)Nc1nc2ccc(-c3nn(CC4=Cc5cccc(Cl)c5C(C)N4C4CC4)c4ncnc(N)c34)cc2s1. The molecule has 1 saturated carbocycles. The van der Waals surface area contributed by atoms with E-state index in [0.29, 0.717) is 40.3 Å². The maximum atomic E-state index is 11.5. The molecule has 3 aromatic heterocycles. The van der Waals surface area contributed by atoms with Crippen molar-refractivity contribution in [3.8, 4) is 11.3 Å². The first-order valence-electron chi connectivity index (χ1n) is 12.8. The Kier molecular flexibility index (Phi) is 5.57. The molecule has 39 heavy (non-hydrogen) atoms. The second-order valence-electron chi connectivity index (χ2n) is 10.0. The lowest BCUT2D eigenvalue weighted by Crippen LogP contribution is -2.33. The summed E-state index contributed by atoms with van der Waals surface area (Å²) in [6.07, 6.45) is 6.04. The summed E-state index contributed by atoms with van der Waals surface area (Å²) in [4.78, 5) is 27.4. The minimum atomic E-state index is -0.152. The van der Waals surface area contributed by atoms with E-state index in [0.717, 1.165) is 39.2 Å². The molecule has 9 nitrogen and oxygen atoms in total. The lowest BCUT2D eigenvalue weighted by molar-refractivity contribution is -0.114. The van der Waals surface area contributed by atoms with Crippen molar-refractivity contribution in [1.82, 2.24) is 29.6 Å². The molecule has 1 aliphatic carbocycles. The minimum Gasteiger partial charge on any atom is -0.383 e. The molecule has 0 radical (unpaired) electrons. The molecule has 11 heteroatoms. The van der Waals surface area contributed by atoms with Crippen molar-refractivity contribution < 1.29 is 4.79 Å². The highest BCUT2D eigenvalue weighted by Crippen LogP contribution is 2.45. The molecule has 4 heterocycles. The number of carbonyl (C=O) groups excluding carboxylic acids is 1. The van der Waals surface area contributed by atoms with Gasteiger partial charge in [-0.2, -0.15) is 5.10 Å². The van der Waals surface area contributed by atoms with E-state index < -0.39 is 0 Å². The number of hydrogen-bond acceptors (Lipinski definition) is 8. The van der Waals surface area contributed by atoms with Crippen LogP contribution in [-0.2, 0) is 11.3 Å². The average molecular weight is 557 g/mol. The first kappa shape index (κ1) is 24.1. The van der Waals surface area contributed by atoms with Crippen molar-refractivity contribution in [1.29, 1.82) is 0 Å². The Morgan fingerprint density at radius 2 is 2.08 bits per heavy atom. The number of halogens is 1. The summed E-state index contributed by atoms with van der Waals surface area (Å²) in [5.41, 5.74) is 13.0. The van der Waals surface area contributed by atoms with E-state index in [4.69, 9.17) is 22.4 Å². The quantitative estimate of drug-likeness (QED) is 0.278. The molecule has 2 aromatic carbocycles. The van der Waals surface area contributed by atoms with Crippen molar-refractivity contribution in [2.45, 2.75) is 45.3 Å². The van der Waals surface area contributed by atoms with Crippen LogP contribution in [0.1, 0.15) is 43.9 Å². The molecule has 1 unspecified atom stereocenters. The van der Waals surface area contributed by atoms with Crippen molar-refractivity contribution in [2.75, 3.05) is 11.1 Å². The molecule has 3 N–H and O–H groups in total. The monoisotopic (exact) mass is 556 g/mol. The summed E-state index contributed by atoms with van der Waals surface area (Å²) in [6.45, 7) is 4.23. The van der Waals surface area contributed by atoms with Crippen molar-refractivity contribution in [3.63, 3.8) is 0 Å². The summed E-state index contributed by atoms with van der Waals surface area (Å²) < 4.78 is 2.86. The lowest BCUT2D eigenvalue weighted by atomic mass is 9.94. The Balaban J connectivity index is 1.34. The fraction of sp³-hybridized carbons (Fsp3) is 0.250. The highest BCUT2D eigenvalue weighted by molar-refractivity contribution is 7.22. The molecule has 7 rings (SSSR count). The van der Waals surface area contributed by atoms with Gasteiger partial charge in [0.15, 0.2) is 10.8 Å². The molecule has 1 fully saturated rings. The summed E-state index contributed by atoms with van der Waals surface area (Å²) in [6, 6.07) is 12.6. The fourth-order valence-corrected chi connectivity index (χ4v) is 6.86. The fourth-order valence-electron chi connectivity index (χ4n) is 5.57. The summed E-state index contributed by atoms with van der Waals surface area (Å²) >= 11 is 8.06. The number of fused-ring (bicyclic) bond motifs is 3. The van der Waals surface area contributed by atoms with Crippen LogP contribution in [0.2, 0.25) is 5.02 Å². The van der Waals surface area contributed by atoms with Crippen LogP contribution < -0.4 is 11.1 Å². The second kappa shape index (κ2) is 9.03. The average Bonchev–Trinajstić information content (AvgIpc) is 3.54. The molecular formula is C28H25ClN8OS. The van der Waals surface area contributed by atoms with E-state index in [1.165, 1.54) is 35.8 Å². The number of anilines is 2. The van der Waals surface area contributed by atoms with Crippen LogP contribution in [0.3, 0.4) is 0 Å². The van der Waals surface area contributed by atoms with Gasteiger partial charge < -0.3 is 16.0 Å². The maximum absolute atomic E-state index is 11.5. The van der Waals surface area contributed by atoms with Gasteiger partial charge in [0.05, 0.1) is 28.2 Å². The van der Waals surface area contributed by atoms with Gasteiger partial charge in [-0.1, -0.05) is 41.1 Å². The van der Waals surface area contributed by atoms with Gasteiger partial charge in [-0.3, -0.25) is 4.79 Å². The number of thiazole rings is 1. The third-order valence-corrected chi connectivity index (χ3v) is 8.59. The lowest BCUT2D eigenvalue weighted by Gasteiger charge is -2.38. The molecule has 1 amide bonds. The van der Waals surface area contributed by atoms with Crippen molar-refractivity contribution >= 4 is 67.1 Å². The third-order valence-electron chi connectivity index (χ3n) is 7.33. The first-order valence-corrected chi connectivity index (χ1v) is 14.0. The van der Waals surface area contributed by atoms with Crippen LogP contribution >= 0.6 is 22.9 Å². The largest absolute Gasteiger partial charge is 0.383 e. The predicted octanol–water partition coefficient (Wildman–Crippen LogP) is 5.88. The smallest absolute Gasteiger partial charge is 0.223 e. The minimum absolute atomic E-state index is 0.152. The van der Waals surface area contributed by atoms with E-state index in [1.54, 1.807) is 0 Å². The number of nitrogen functional groups attached to an aromatic ring is 1. The van der Waals surface area contributed by atoms with E-state index in [-0.39, 0.29) is 11.9 Å². The van der Waals surface area contributed by atoms with Gasteiger partial charge in [0, 0.05) is 34.8 Å². The van der Waals surface area contributed by atoms with Crippen LogP contribution in [-0.4, -0.2) is 41.6 Å². The number of aromatic nitrogens is 5. The molecular weight excluding hydrogens is 532 g/mol. The van der Waals surface area contributed by atoms with Gasteiger partial charge in [0.2, 0.25) is 5.91 Å². The Morgan fingerprint density at radius 3 is 2.87 bits per heavy atom. The van der Waals surface area contributed by atoms with Gasteiger partial charge in [-0.05, 0) is 49.6 Å². The Bertz CT molecular complexity index is 1820.